The highest BCUT2D eigenvalue weighted by molar-refractivity contribution is 9.10. The van der Waals surface area contributed by atoms with E-state index in [1.807, 2.05) is 24.7 Å². The molecule has 5 heteroatoms. The van der Waals surface area contributed by atoms with Crippen molar-refractivity contribution >= 4 is 26.8 Å². The molecule has 0 saturated heterocycles. The van der Waals surface area contributed by atoms with Crippen molar-refractivity contribution in [2.24, 2.45) is 0 Å². The lowest BCUT2D eigenvalue weighted by atomic mass is 10.0. The van der Waals surface area contributed by atoms with Gasteiger partial charge in [0.1, 0.15) is 5.82 Å². The van der Waals surface area contributed by atoms with E-state index in [9.17, 15) is 4.39 Å². The summed E-state index contributed by atoms with van der Waals surface area (Å²) in [5.41, 5.74) is 4.63. The molecule has 2 heterocycles. The first-order chi connectivity index (χ1) is 12.5. The van der Waals surface area contributed by atoms with E-state index >= 15 is 0 Å². The molecule has 0 fully saturated rings. The molecule has 0 bridgehead atoms. The predicted molar refractivity (Wildman–Crippen MR) is 106 cm³/mol. The number of hydrogen-bond donors (Lipinski definition) is 0. The molecule has 0 atom stereocenters. The maximum Gasteiger partial charge on any atom is 0.123 e. The smallest absolute Gasteiger partial charge is 0.123 e. The highest BCUT2D eigenvalue weighted by Gasteiger charge is 2.17. The van der Waals surface area contributed by atoms with Gasteiger partial charge >= 0.3 is 0 Å². The largest absolute Gasteiger partial charge is 0.327 e. The molecule has 4 rings (SSSR count). The van der Waals surface area contributed by atoms with Crippen molar-refractivity contribution < 1.29 is 4.39 Å². The Balaban J connectivity index is 1.94. The minimum absolute atomic E-state index is 0.241. The van der Waals surface area contributed by atoms with Gasteiger partial charge in [-0.25, -0.2) is 9.37 Å². The van der Waals surface area contributed by atoms with E-state index < -0.39 is 0 Å². The summed E-state index contributed by atoms with van der Waals surface area (Å²) in [6, 6.07) is 14.8. The molecule has 0 aliphatic heterocycles. The fraction of sp³-hybridized carbons (Fsp3) is 0.143. The van der Waals surface area contributed by atoms with E-state index in [1.165, 1.54) is 12.1 Å². The highest BCUT2D eigenvalue weighted by Crippen LogP contribution is 2.34. The zero-order valence-corrected chi connectivity index (χ0v) is 16.0. The third-order valence-corrected chi connectivity index (χ3v) is 4.88. The van der Waals surface area contributed by atoms with Gasteiger partial charge in [0.25, 0.3) is 0 Å². The lowest BCUT2D eigenvalue weighted by Gasteiger charge is -2.14. The number of pyridine rings is 1. The van der Waals surface area contributed by atoms with Crippen LogP contribution >= 0.6 is 15.9 Å². The zero-order chi connectivity index (χ0) is 18.3. The molecule has 0 aliphatic carbocycles. The van der Waals surface area contributed by atoms with Crippen LogP contribution in [0.4, 0.5) is 4.39 Å². The van der Waals surface area contributed by atoms with Crippen LogP contribution in [0.5, 0.6) is 0 Å². The summed E-state index contributed by atoms with van der Waals surface area (Å²) < 4.78 is 16.5. The Morgan fingerprint density at radius 1 is 0.962 bits per heavy atom. The summed E-state index contributed by atoms with van der Waals surface area (Å²) >= 11 is 3.52. The van der Waals surface area contributed by atoms with Gasteiger partial charge in [-0.2, -0.15) is 0 Å². The van der Waals surface area contributed by atoms with E-state index in [0.717, 1.165) is 37.9 Å². The van der Waals surface area contributed by atoms with Gasteiger partial charge in [-0.15, -0.1) is 0 Å². The molecule has 0 unspecified atom stereocenters. The summed E-state index contributed by atoms with van der Waals surface area (Å²) in [6.45, 7) is 4.23. The Morgan fingerprint density at radius 3 is 2.46 bits per heavy atom. The van der Waals surface area contributed by atoms with Crippen LogP contribution in [-0.4, -0.2) is 14.5 Å². The molecule has 4 aromatic rings. The van der Waals surface area contributed by atoms with Crippen LogP contribution in [0.25, 0.3) is 33.4 Å². The highest BCUT2D eigenvalue weighted by atomic mass is 79.9. The van der Waals surface area contributed by atoms with Crippen molar-refractivity contribution in [1.29, 1.82) is 0 Å². The summed E-state index contributed by atoms with van der Waals surface area (Å²) in [5, 5.41) is 1.05. The topological polar surface area (TPSA) is 30.7 Å². The van der Waals surface area contributed by atoms with Crippen molar-refractivity contribution in [1.82, 2.24) is 14.5 Å². The van der Waals surface area contributed by atoms with Gasteiger partial charge in [0, 0.05) is 33.2 Å². The predicted octanol–water partition coefficient (Wildman–Crippen LogP) is 6.25. The number of nitrogens with zero attached hydrogens (tertiary/aromatic N) is 3. The normalized spacial score (nSPS) is 11.4. The Labute approximate surface area is 159 Å². The second kappa shape index (κ2) is 6.65. The second-order valence-corrected chi connectivity index (χ2v) is 7.43. The summed E-state index contributed by atoms with van der Waals surface area (Å²) in [6.07, 6.45) is 3.71. The van der Waals surface area contributed by atoms with Gasteiger partial charge in [-0.05, 0) is 62.4 Å². The second-order valence-electron chi connectivity index (χ2n) is 6.51. The van der Waals surface area contributed by atoms with Crippen LogP contribution in [0.1, 0.15) is 19.9 Å². The van der Waals surface area contributed by atoms with Gasteiger partial charge in [0.2, 0.25) is 0 Å². The van der Waals surface area contributed by atoms with Crippen molar-refractivity contribution in [2.45, 2.75) is 19.9 Å². The number of fused-ring (bicyclic) bond motifs is 1. The Hall–Kier alpha value is -2.53. The molecule has 26 heavy (non-hydrogen) atoms. The average Bonchev–Trinajstić information content (AvgIpc) is 3.07. The third-order valence-electron chi connectivity index (χ3n) is 4.38. The number of halogens is 2. The van der Waals surface area contributed by atoms with Gasteiger partial charge in [0.15, 0.2) is 0 Å². The maximum absolute atomic E-state index is 13.3. The van der Waals surface area contributed by atoms with Crippen LogP contribution in [0, 0.1) is 5.82 Å². The standard InChI is InChI=1S/C21H17BrFN3/c1-13(2)26-12-25-20(14-3-6-18(23)7-4-14)21(26)16-9-15-10-17(22)5-8-19(15)24-11-16/h3-13H,1-2H3. The molecule has 0 N–H and O–H groups in total. The third kappa shape index (κ3) is 3.03. The van der Waals surface area contributed by atoms with E-state index in [4.69, 9.17) is 0 Å². The molecule has 0 aliphatic rings. The molecule has 0 saturated carbocycles. The number of rotatable bonds is 3. The quantitative estimate of drug-likeness (QED) is 0.400. The van der Waals surface area contributed by atoms with Gasteiger partial charge in [-0.3, -0.25) is 4.98 Å². The first kappa shape index (κ1) is 16.9. The average molecular weight is 410 g/mol. The van der Waals surface area contributed by atoms with Crippen LogP contribution < -0.4 is 0 Å². The van der Waals surface area contributed by atoms with Gasteiger partial charge in [-0.1, -0.05) is 15.9 Å². The summed E-state index contributed by atoms with van der Waals surface area (Å²) in [4.78, 5) is 9.22. The van der Waals surface area contributed by atoms with E-state index in [-0.39, 0.29) is 11.9 Å². The zero-order valence-electron chi connectivity index (χ0n) is 14.4. The Morgan fingerprint density at radius 2 is 1.73 bits per heavy atom. The monoisotopic (exact) mass is 409 g/mol. The fourth-order valence-corrected chi connectivity index (χ4v) is 3.47. The molecule has 0 spiro atoms. The van der Waals surface area contributed by atoms with Crippen LogP contribution in [0.15, 0.2) is 65.5 Å². The lowest BCUT2D eigenvalue weighted by molar-refractivity contribution is 0.605. The van der Waals surface area contributed by atoms with Crippen molar-refractivity contribution in [2.75, 3.05) is 0 Å². The van der Waals surface area contributed by atoms with Gasteiger partial charge < -0.3 is 4.57 Å². The number of aromatic nitrogens is 3. The first-order valence-corrected chi connectivity index (χ1v) is 9.20. The van der Waals surface area contributed by atoms with Crippen molar-refractivity contribution in [3.63, 3.8) is 0 Å². The SMILES string of the molecule is CC(C)n1cnc(-c2ccc(F)cc2)c1-c1cnc2ccc(Br)cc2c1. The Bertz CT molecular complexity index is 1080. The molecule has 130 valence electrons. The summed E-state index contributed by atoms with van der Waals surface area (Å²) in [7, 11) is 0. The Kier molecular flexibility index (Phi) is 4.32. The number of imidazole rings is 1. The minimum atomic E-state index is -0.254. The van der Waals surface area contributed by atoms with E-state index in [2.05, 4.69) is 56.4 Å². The van der Waals surface area contributed by atoms with Crippen LogP contribution in [0.3, 0.4) is 0 Å². The van der Waals surface area contributed by atoms with E-state index in [0.29, 0.717) is 0 Å². The summed E-state index contributed by atoms with van der Waals surface area (Å²) in [5.74, 6) is -0.254. The number of benzene rings is 2. The van der Waals surface area contributed by atoms with Crippen LogP contribution in [0.2, 0.25) is 0 Å². The minimum Gasteiger partial charge on any atom is -0.327 e. The molecule has 2 aromatic heterocycles. The fourth-order valence-electron chi connectivity index (χ4n) is 3.09. The number of hydrogen-bond acceptors (Lipinski definition) is 2. The molecular formula is C21H17BrFN3. The molecule has 0 radical (unpaired) electrons. The molecule has 0 amide bonds. The first-order valence-electron chi connectivity index (χ1n) is 8.41. The molecular weight excluding hydrogens is 393 g/mol. The lowest BCUT2D eigenvalue weighted by Crippen LogP contribution is -2.02. The van der Waals surface area contributed by atoms with Crippen molar-refractivity contribution in [3.05, 3.63) is 71.3 Å². The van der Waals surface area contributed by atoms with Gasteiger partial charge in [0.05, 0.1) is 23.2 Å². The van der Waals surface area contributed by atoms with Crippen LogP contribution in [-0.2, 0) is 0 Å². The van der Waals surface area contributed by atoms with Crippen molar-refractivity contribution in [3.8, 4) is 22.5 Å². The maximum atomic E-state index is 13.3. The molecule has 2 aromatic carbocycles. The van der Waals surface area contributed by atoms with E-state index in [1.54, 1.807) is 12.1 Å². The molecule has 3 nitrogen and oxygen atoms in total.